The minimum atomic E-state index is -1.28. The van der Waals surface area contributed by atoms with Crippen molar-refractivity contribution in [2.45, 2.75) is 55.3 Å². The molecule has 0 radical (unpaired) electrons. The smallest absolute Gasteiger partial charge is 0.253 e. The van der Waals surface area contributed by atoms with Crippen molar-refractivity contribution in [1.82, 2.24) is 4.90 Å². The van der Waals surface area contributed by atoms with Crippen LogP contribution >= 0.6 is 27.5 Å². The largest absolute Gasteiger partial charge is 0.394 e. The summed E-state index contributed by atoms with van der Waals surface area (Å²) in [7, 11) is 0. The number of rotatable bonds is 12. The molecule has 2 bridgehead atoms. The van der Waals surface area contributed by atoms with Crippen LogP contribution in [0, 0.1) is 17.8 Å². The number of aliphatic hydroxyl groups excluding tert-OH is 1. The SMILES string of the molecule is C=CCN(C(=O)C1N([C@@H](CO)[C@@H](C)CC)C(=O)[C@@H]2[C@H](C(=O)N(CC=C)c3ccccc3)[C@H]3OC12CC3Br)c1ccc(Cl)cc1. The number of likely N-dealkylation sites (tertiary alicyclic amines) is 1. The van der Waals surface area contributed by atoms with Gasteiger partial charge in [-0.2, -0.15) is 0 Å². The quantitative estimate of drug-likeness (QED) is 0.244. The Morgan fingerprint density at radius 1 is 1.09 bits per heavy atom. The fourth-order valence-corrected chi connectivity index (χ4v) is 8.33. The Morgan fingerprint density at radius 2 is 1.68 bits per heavy atom. The van der Waals surface area contributed by atoms with Gasteiger partial charge >= 0.3 is 0 Å². The summed E-state index contributed by atoms with van der Waals surface area (Å²) in [5.74, 6) is -2.84. The number of amides is 3. The van der Waals surface area contributed by atoms with Crippen LogP contribution in [0.4, 0.5) is 11.4 Å². The number of nitrogens with zero attached hydrogens (tertiary/aromatic N) is 3. The average Bonchev–Trinajstić information content (AvgIpc) is 3.62. The van der Waals surface area contributed by atoms with Gasteiger partial charge in [0.2, 0.25) is 11.8 Å². The van der Waals surface area contributed by atoms with Crippen LogP contribution in [0.25, 0.3) is 0 Å². The third kappa shape index (κ3) is 5.31. The maximum Gasteiger partial charge on any atom is 0.253 e. The van der Waals surface area contributed by atoms with Crippen LogP contribution in [0.2, 0.25) is 5.02 Å². The van der Waals surface area contributed by atoms with Gasteiger partial charge in [0.05, 0.1) is 30.6 Å². The Hall–Kier alpha value is -2.98. The van der Waals surface area contributed by atoms with Crippen LogP contribution < -0.4 is 9.80 Å². The molecule has 3 saturated heterocycles. The first-order valence-corrected chi connectivity index (χ1v) is 16.3. The lowest BCUT2D eigenvalue weighted by atomic mass is 9.70. The van der Waals surface area contributed by atoms with Crippen LogP contribution in [0.5, 0.6) is 0 Å². The predicted molar refractivity (Wildman–Crippen MR) is 176 cm³/mol. The van der Waals surface area contributed by atoms with Gasteiger partial charge in [-0.05, 0) is 48.7 Å². The monoisotopic (exact) mass is 683 g/mol. The summed E-state index contributed by atoms with van der Waals surface area (Å²) in [5, 5.41) is 11.2. The lowest BCUT2D eigenvalue weighted by molar-refractivity contribution is -0.145. The number of alkyl halides is 1. The molecule has 3 aliphatic heterocycles. The van der Waals surface area contributed by atoms with E-state index in [4.69, 9.17) is 16.3 Å². The van der Waals surface area contributed by atoms with Crippen LogP contribution in [0.1, 0.15) is 26.7 Å². The third-order valence-electron chi connectivity index (χ3n) is 9.45. The molecule has 1 N–H and O–H groups in total. The highest BCUT2D eigenvalue weighted by molar-refractivity contribution is 9.09. The summed E-state index contributed by atoms with van der Waals surface area (Å²) in [6.07, 6.45) is 3.69. The van der Waals surface area contributed by atoms with Gasteiger partial charge in [0.15, 0.2) is 0 Å². The van der Waals surface area contributed by atoms with Crippen molar-refractivity contribution < 1.29 is 24.2 Å². The first-order chi connectivity index (χ1) is 21.1. The highest BCUT2D eigenvalue weighted by Gasteiger charge is 2.77. The molecule has 0 saturated carbocycles. The molecule has 2 aromatic carbocycles. The molecule has 10 heteroatoms. The number of ether oxygens (including phenoxy) is 1. The number of fused-ring (bicyclic) bond motifs is 1. The number of carbonyl (C=O) groups is 3. The topological polar surface area (TPSA) is 90.4 Å². The van der Waals surface area contributed by atoms with E-state index in [-0.39, 0.29) is 48.2 Å². The van der Waals surface area contributed by atoms with Crippen LogP contribution in [-0.4, -0.2) is 76.0 Å². The van der Waals surface area contributed by atoms with Crippen molar-refractivity contribution >= 4 is 56.6 Å². The number of benzene rings is 2. The first-order valence-electron chi connectivity index (χ1n) is 15.0. The van der Waals surface area contributed by atoms with Gasteiger partial charge in [0, 0.05) is 34.3 Å². The van der Waals surface area contributed by atoms with Crippen molar-refractivity contribution in [3.63, 3.8) is 0 Å². The highest BCUT2D eigenvalue weighted by Crippen LogP contribution is 2.61. The number of hydrogen-bond donors (Lipinski definition) is 1. The van der Waals surface area contributed by atoms with Crippen molar-refractivity contribution in [2.24, 2.45) is 17.8 Å². The zero-order valence-electron chi connectivity index (χ0n) is 25.0. The van der Waals surface area contributed by atoms with Crippen LogP contribution in [-0.2, 0) is 19.1 Å². The van der Waals surface area contributed by atoms with Crippen molar-refractivity contribution in [3.8, 4) is 0 Å². The van der Waals surface area contributed by atoms with Gasteiger partial charge in [0.25, 0.3) is 5.91 Å². The molecule has 44 heavy (non-hydrogen) atoms. The average molecular weight is 685 g/mol. The Kier molecular flexibility index (Phi) is 9.70. The summed E-state index contributed by atoms with van der Waals surface area (Å²) in [6, 6.07) is 14.4. The summed E-state index contributed by atoms with van der Waals surface area (Å²) in [6.45, 7) is 11.8. The van der Waals surface area contributed by atoms with E-state index in [9.17, 15) is 19.5 Å². The fraction of sp³-hybridized carbons (Fsp3) is 0.441. The predicted octanol–water partition coefficient (Wildman–Crippen LogP) is 5.23. The number of anilines is 2. The van der Waals surface area contributed by atoms with Gasteiger partial charge in [-0.25, -0.2) is 0 Å². The lowest BCUT2D eigenvalue weighted by Gasteiger charge is -2.41. The Labute approximate surface area is 272 Å². The summed E-state index contributed by atoms with van der Waals surface area (Å²) >= 11 is 9.92. The Balaban J connectivity index is 1.64. The zero-order valence-corrected chi connectivity index (χ0v) is 27.4. The molecule has 0 aromatic heterocycles. The van der Waals surface area contributed by atoms with Gasteiger partial charge < -0.3 is 24.5 Å². The second kappa shape index (κ2) is 13.2. The van der Waals surface area contributed by atoms with E-state index in [1.807, 2.05) is 44.2 Å². The van der Waals surface area contributed by atoms with E-state index in [1.165, 1.54) is 4.90 Å². The molecular formula is C34H39BrClN3O5. The molecule has 3 heterocycles. The molecule has 0 aliphatic carbocycles. The standard InChI is InChI=1S/C34H39BrClN3O5/c1-5-17-37(23-11-9-8-10-12-23)31(41)27-28-32(42)39(26(20-40)21(4)7-3)30(34(28)19-25(35)29(27)44-34)33(43)38(18-6-2)24-15-13-22(36)14-16-24/h5-6,8-16,21,25-30,40H,1-2,7,17-20H2,3-4H3/t21-,25?,26-,27-,28-,29-,30?,34?/m0/s1. The van der Waals surface area contributed by atoms with E-state index < -0.39 is 35.6 Å². The molecule has 2 aromatic rings. The third-order valence-corrected chi connectivity index (χ3v) is 10.5. The van der Waals surface area contributed by atoms with E-state index in [2.05, 4.69) is 29.1 Å². The second-order valence-electron chi connectivity index (χ2n) is 11.8. The minimum Gasteiger partial charge on any atom is -0.394 e. The second-order valence-corrected chi connectivity index (χ2v) is 13.4. The van der Waals surface area contributed by atoms with E-state index >= 15 is 0 Å². The van der Waals surface area contributed by atoms with Crippen molar-refractivity contribution in [3.05, 3.63) is 84.9 Å². The van der Waals surface area contributed by atoms with Crippen molar-refractivity contribution in [2.75, 3.05) is 29.5 Å². The van der Waals surface area contributed by atoms with Gasteiger partial charge in [-0.3, -0.25) is 14.4 Å². The van der Waals surface area contributed by atoms with E-state index in [1.54, 1.807) is 46.2 Å². The van der Waals surface area contributed by atoms with Crippen LogP contribution in [0.15, 0.2) is 79.9 Å². The highest BCUT2D eigenvalue weighted by atomic mass is 79.9. The molecule has 5 rings (SSSR count). The molecule has 3 amide bonds. The molecular weight excluding hydrogens is 646 g/mol. The van der Waals surface area contributed by atoms with E-state index in [0.717, 1.165) is 0 Å². The number of para-hydroxylation sites is 1. The van der Waals surface area contributed by atoms with Gasteiger partial charge in [-0.1, -0.05) is 78.2 Å². The number of aliphatic hydroxyl groups is 1. The Morgan fingerprint density at radius 3 is 2.25 bits per heavy atom. The lowest BCUT2D eigenvalue weighted by Crippen LogP contribution is -2.60. The number of halogens is 2. The molecule has 3 unspecified atom stereocenters. The Bertz CT molecular complexity index is 1410. The zero-order chi connectivity index (χ0) is 31.8. The van der Waals surface area contributed by atoms with Gasteiger partial charge in [-0.15, -0.1) is 13.2 Å². The molecule has 234 valence electrons. The molecule has 1 spiro atoms. The summed E-state index contributed by atoms with van der Waals surface area (Å²) < 4.78 is 6.76. The maximum atomic E-state index is 14.8. The molecule has 3 fully saturated rings. The maximum absolute atomic E-state index is 14.8. The molecule has 8 nitrogen and oxygen atoms in total. The fourth-order valence-electron chi connectivity index (χ4n) is 7.26. The van der Waals surface area contributed by atoms with E-state index in [0.29, 0.717) is 29.2 Å². The van der Waals surface area contributed by atoms with Crippen LogP contribution in [0.3, 0.4) is 0 Å². The van der Waals surface area contributed by atoms with Crippen molar-refractivity contribution in [1.29, 1.82) is 0 Å². The number of hydrogen-bond acceptors (Lipinski definition) is 5. The normalized spacial score (nSPS) is 28.3. The molecule has 8 atom stereocenters. The summed E-state index contributed by atoms with van der Waals surface area (Å²) in [4.78, 5) is 48.5. The minimum absolute atomic E-state index is 0.120. The molecule has 3 aliphatic rings. The number of carbonyl (C=O) groups excluding carboxylic acids is 3. The summed E-state index contributed by atoms with van der Waals surface area (Å²) in [5.41, 5.74) is -0.00760. The first kappa shape index (κ1) is 32.4. The van der Waals surface area contributed by atoms with Gasteiger partial charge in [0.1, 0.15) is 11.6 Å².